The molecule has 1 heterocycles. The predicted molar refractivity (Wildman–Crippen MR) is 52.7 cm³/mol. The Bertz CT molecular complexity index is 389. The summed E-state index contributed by atoms with van der Waals surface area (Å²) in [7, 11) is 1.56. The Morgan fingerprint density at radius 1 is 1.56 bits per heavy atom. The number of carbonyl (C=O) groups is 2. The molecule has 16 heavy (non-hydrogen) atoms. The molecule has 2 amide bonds. The van der Waals surface area contributed by atoms with E-state index in [1.54, 1.807) is 14.0 Å². The molecule has 0 saturated carbocycles. The minimum absolute atomic E-state index is 0.0579. The first kappa shape index (κ1) is 11.9. The molecule has 1 aromatic heterocycles. The van der Waals surface area contributed by atoms with Crippen molar-refractivity contribution in [3.8, 4) is 0 Å². The first-order valence-electron chi connectivity index (χ1n) is 4.50. The second-order valence-corrected chi connectivity index (χ2v) is 3.20. The van der Waals surface area contributed by atoms with Gasteiger partial charge in [-0.25, -0.2) is 4.79 Å². The van der Waals surface area contributed by atoms with E-state index in [1.165, 1.54) is 4.80 Å². The molecule has 0 radical (unpaired) electrons. The van der Waals surface area contributed by atoms with Gasteiger partial charge in [-0.15, -0.1) is 5.10 Å². The molecule has 1 atom stereocenters. The number of aryl methyl sites for hydroxylation is 1. The summed E-state index contributed by atoms with van der Waals surface area (Å²) in [5.41, 5.74) is 0. The highest BCUT2D eigenvalue weighted by Crippen LogP contribution is 1.94. The number of anilines is 1. The molecule has 0 aliphatic heterocycles. The smallest absolute Gasteiger partial charge is 0.321 e. The Hall–Kier alpha value is -2.19. The van der Waals surface area contributed by atoms with Crippen molar-refractivity contribution in [2.24, 2.45) is 7.05 Å². The summed E-state index contributed by atoms with van der Waals surface area (Å²) in [4.78, 5) is 22.8. The summed E-state index contributed by atoms with van der Waals surface area (Å²) in [6.45, 7) is 1.58. The Morgan fingerprint density at radius 3 is 2.75 bits per heavy atom. The van der Waals surface area contributed by atoms with E-state index in [0.29, 0.717) is 0 Å². The van der Waals surface area contributed by atoms with Gasteiger partial charge in [0.2, 0.25) is 0 Å². The number of tetrazole rings is 1. The molecule has 0 bridgehead atoms. The normalized spacial score (nSPS) is 11.9. The molecule has 0 aliphatic carbocycles. The second-order valence-electron chi connectivity index (χ2n) is 3.20. The number of urea groups is 1. The zero-order valence-electron chi connectivity index (χ0n) is 8.84. The number of carboxylic acid groups (broad SMARTS) is 1. The highest BCUT2D eigenvalue weighted by atomic mass is 16.4. The van der Waals surface area contributed by atoms with Crippen LogP contribution in [0.2, 0.25) is 0 Å². The van der Waals surface area contributed by atoms with E-state index in [0.717, 1.165) is 0 Å². The highest BCUT2D eigenvalue weighted by molar-refractivity contribution is 5.87. The van der Waals surface area contributed by atoms with Crippen LogP contribution in [0.25, 0.3) is 0 Å². The van der Waals surface area contributed by atoms with Gasteiger partial charge in [0.15, 0.2) is 0 Å². The van der Waals surface area contributed by atoms with Gasteiger partial charge in [-0.1, -0.05) is 5.10 Å². The third-order valence-corrected chi connectivity index (χ3v) is 1.59. The summed E-state index contributed by atoms with van der Waals surface area (Å²) in [6.07, 6.45) is -0.151. The monoisotopic (exact) mass is 228 g/mol. The van der Waals surface area contributed by atoms with Crippen molar-refractivity contribution >= 4 is 17.9 Å². The van der Waals surface area contributed by atoms with Crippen LogP contribution in [-0.4, -0.2) is 43.4 Å². The molecule has 1 unspecified atom stereocenters. The lowest BCUT2D eigenvalue weighted by atomic mass is 10.2. The highest BCUT2D eigenvalue weighted by Gasteiger charge is 2.12. The fraction of sp³-hybridized carbons (Fsp3) is 0.571. The van der Waals surface area contributed by atoms with Gasteiger partial charge in [0.1, 0.15) is 0 Å². The Kier molecular flexibility index (Phi) is 3.75. The third-order valence-electron chi connectivity index (χ3n) is 1.59. The number of rotatable bonds is 4. The van der Waals surface area contributed by atoms with Gasteiger partial charge < -0.3 is 10.4 Å². The standard InChI is InChI=1S/C7H12N6O3/c1-4(3-5(14)15)8-7(16)9-6-10-12-13(2)11-6/h4H,3H2,1-2H3,(H,14,15)(H2,8,9,11,16). The number of aliphatic carboxylic acids is 1. The Morgan fingerprint density at radius 2 is 2.25 bits per heavy atom. The fourth-order valence-corrected chi connectivity index (χ4v) is 1.01. The lowest BCUT2D eigenvalue weighted by Crippen LogP contribution is -2.37. The van der Waals surface area contributed by atoms with Crippen molar-refractivity contribution in [1.82, 2.24) is 25.5 Å². The van der Waals surface area contributed by atoms with Crippen LogP contribution in [0.4, 0.5) is 10.7 Å². The summed E-state index contributed by atoms with van der Waals surface area (Å²) < 4.78 is 0. The topological polar surface area (TPSA) is 122 Å². The minimum atomic E-state index is -0.981. The van der Waals surface area contributed by atoms with E-state index in [4.69, 9.17) is 5.11 Å². The van der Waals surface area contributed by atoms with Gasteiger partial charge >= 0.3 is 12.0 Å². The van der Waals surface area contributed by atoms with Crippen molar-refractivity contribution in [3.05, 3.63) is 0 Å². The molecule has 1 aromatic rings. The molecule has 9 nitrogen and oxygen atoms in total. The van der Waals surface area contributed by atoms with Crippen molar-refractivity contribution in [1.29, 1.82) is 0 Å². The van der Waals surface area contributed by atoms with E-state index in [9.17, 15) is 9.59 Å². The van der Waals surface area contributed by atoms with Gasteiger partial charge in [0, 0.05) is 6.04 Å². The molecule has 0 aliphatic rings. The minimum Gasteiger partial charge on any atom is -0.481 e. The van der Waals surface area contributed by atoms with E-state index in [-0.39, 0.29) is 12.4 Å². The number of amides is 2. The van der Waals surface area contributed by atoms with Crippen molar-refractivity contribution in [2.45, 2.75) is 19.4 Å². The largest absolute Gasteiger partial charge is 0.481 e. The molecule has 1 rings (SSSR count). The van der Waals surface area contributed by atoms with Gasteiger partial charge in [0.25, 0.3) is 5.95 Å². The van der Waals surface area contributed by atoms with Crippen LogP contribution in [0.3, 0.4) is 0 Å². The fourth-order valence-electron chi connectivity index (χ4n) is 1.01. The lowest BCUT2D eigenvalue weighted by molar-refractivity contribution is -0.137. The maximum atomic E-state index is 11.3. The number of hydrogen-bond acceptors (Lipinski definition) is 5. The molecular weight excluding hydrogens is 216 g/mol. The van der Waals surface area contributed by atoms with Crippen LogP contribution in [-0.2, 0) is 11.8 Å². The summed E-state index contributed by atoms with van der Waals surface area (Å²) in [6, 6.07) is -1.05. The lowest BCUT2D eigenvalue weighted by Gasteiger charge is -2.10. The van der Waals surface area contributed by atoms with E-state index < -0.39 is 18.0 Å². The first-order chi connectivity index (χ1) is 7.47. The molecule has 0 aromatic carbocycles. The second kappa shape index (κ2) is 5.05. The summed E-state index contributed by atoms with van der Waals surface area (Å²) in [5, 5.41) is 24.0. The van der Waals surface area contributed by atoms with E-state index in [1.807, 2.05) is 0 Å². The van der Waals surface area contributed by atoms with Crippen LogP contribution >= 0.6 is 0 Å². The number of nitrogens with one attached hydrogen (secondary N) is 2. The van der Waals surface area contributed by atoms with Crippen LogP contribution < -0.4 is 10.6 Å². The van der Waals surface area contributed by atoms with Crippen LogP contribution in [0.15, 0.2) is 0 Å². The number of nitrogens with zero attached hydrogens (tertiary/aromatic N) is 4. The first-order valence-corrected chi connectivity index (χ1v) is 4.50. The molecule has 0 spiro atoms. The third kappa shape index (κ3) is 3.90. The average molecular weight is 228 g/mol. The van der Waals surface area contributed by atoms with E-state index in [2.05, 4.69) is 26.0 Å². The number of aromatic nitrogens is 4. The van der Waals surface area contributed by atoms with Gasteiger partial charge in [-0.05, 0) is 12.1 Å². The summed E-state index contributed by atoms with van der Waals surface area (Å²) in [5.74, 6) is -0.923. The van der Waals surface area contributed by atoms with Crippen molar-refractivity contribution in [2.75, 3.05) is 5.32 Å². The van der Waals surface area contributed by atoms with Crippen LogP contribution in [0.5, 0.6) is 0 Å². The van der Waals surface area contributed by atoms with Crippen molar-refractivity contribution < 1.29 is 14.7 Å². The van der Waals surface area contributed by atoms with E-state index >= 15 is 0 Å². The zero-order valence-corrected chi connectivity index (χ0v) is 8.84. The van der Waals surface area contributed by atoms with Gasteiger partial charge in [-0.2, -0.15) is 4.80 Å². The van der Waals surface area contributed by atoms with Crippen molar-refractivity contribution in [3.63, 3.8) is 0 Å². The van der Waals surface area contributed by atoms with Gasteiger partial charge in [0.05, 0.1) is 13.5 Å². The number of hydrogen-bond donors (Lipinski definition) is 3. The SMILES string of the molecule is CC(CC(=O)O)NC(=O)Nc1nnn(C)n1. The molecule has 0 fully saturated rings. The quantitative estimate of drug-likeness (QED) is 0.619. The van der Waals surface area contributed by atoms with Crippen LogP contribution in [0.1, 0.15) is 13.3 Å². The Balaban J connectivity index is 2.38. The molecular formula is C7H12N6O3. The molecule has 3 N–H and O–H groups in total. The number of carbonyl (C=O) groups excluding carboxylic acids is 1. The summed E-state index contributed by atoms with van der Waals surface area (Å²) >= 11 is 0. The zero-order chi connectivity index (χ0) is 12.1. The molecule has 88 valence electrons. The average Bonchev–Trinajstić information content (AvgIpc) is 2.48. The molecule has 9 heteroatoms. The maximum Gasteiger partial charge on any atom is 0.321 e. The van der Waals surface area contributed by atoms with Crippen LogP contribution in [0, 0.1) is 0 Å². The Labute approximate surface area is 90.8 Å². The number of carboxylic acids is 1. The van der Waals surface area contributed by atoms with Gasteiger partial charge in [-0.3, -0.25) is 10.1 Å². The predicted octanol–water partition coefficient (Wildman–Crippen LogP) is -0.805. The molecule has 0 saturated heterocycles. The maximum absolute atomic E-state index is 11.3.